The van der Waals surface area contributed by atoms with E-state index in [0.717, 1.165) is 39.9 Å². The normalized spacial score (nSPS) is 16.4. The van der Waals surface area contributed by atoms with E-state index in [9.17, 15) is 9.59 Å². The quantitative estimate of drug-likeness (QED) is 0.201. The Morgan fingerprint density at radius 2 is 1.59 bits per heavy atom. The van der Waals surface area contributed by atoms with Crippen molar-refractivity contribution >= 4 is 56.2 Å². The maximum absolute atomic E-state index is 14.4. The van der Waals surface area contributed by atoms with Crippen molar-refractivity contribution in [1.29, 1.82) is 0 Å². The van der Waals surface area contributed by atoms with Gasteiger partial charge in [0.15, 0.2) is 0 Å². The van der Waals surface area contributed by atoms with Crippen LogP contribution in [-0.2, 0) is 6.42 Å². The van der Waals surface area contributed by atoms with Gasteiger partial charge < -0.3 is 4.90 Å². The van der Waals surface area contributed by atoms with Crippen LogP contribution in [0.3, 0.4) is 0 Å². The number of benzene rings is 4. The summed E-state index contributed by atoms with van der Waals surface area (Å²) in [6, 6.07) is 33.1. The summed E-state index contributed by atoms with van der Waals surface area (Å²) in [7, 11) is 0. The van der Waals surface area contributed by atoms with Crippen LogP contribution in [-0.4, -0.2) is 17.9 Å². The maximum Gasteiger partial charge on any atom is 0.270 e. The Kier molecular flexibility index (Phi) is 7.65. The summed E-state index contributed by atoms with van der Waals surface area (Å²) in [5, 5.41) is 1.37. The Morgan fingerprint density at radius 1 is 0.902 bits per heavy atom. The van der Waals surface area contributed by atoms with E-state index < -0.39 is 0 Å². The van der Waals surface area contributed by atoms with Crippen molar-refractivity contribution in [2.24, 2.45) is 0 Å². The molecule has 5 aromatic rings. The second-order valence-corrected chi connectivity index (χ2v) is 12.0. The fraction of sp³-hybridized carbons (Fsp3) is 0.200. The molecule has 206 valence electrons. The molecule has 4 nitrogen and oxygen atoms in total. The van der Waals surface area contributed by atoms with E-state index >= 15 is 0 Å². The molecular formula is C35H31ClN2O2S. The van der Waals surface area contributed by atoms with Gasteiger partial charge in [-0.05, 0) is 67.3 Å². The van der Waals surface area contributed by atoms with Crippen molar-refractivity contribution in [2.45, 2.75) is 45.2 Å². The van der Waals surface area contributed by atoms with E-state index in [1.165, 1.54) is 16.9 Å². The van der Waals surface area contributed by atoms with Gasteiger partial charge in [-0.3, -0.25) is 14.5 Å². The summed E-state index contributed by atoms with van der Waals surface area (Å²) in [5.41, 5.74) is 4.46. The van der Waals surface area contributed by atoms with Crippen LogP contribution >= 0.6 is 22.9 Å². The van der Waals surface area contributed by atoms with E-state index in [1.807, 2.05) is 113 Å². The van der Waals surface area contributed by atoms with Gasteiger partial charge in [0.1, 0.15) is 4.88 Å². The van der Waals surface area contributed by atoms with Crippen molar-refractivity contribution in [3.63, 3.8) is 0 Å². The van der Waals surface area contributed by atoms with Gasteiger partial charge in [0.05, 0.1) is 11.1 Å². The topological polar surface area (TPSA) is 40.6 Å². The molecule has 1 aliphatic rings. The fourth-order valence-corrected chi connectivity index (χ4v) is 7.31. The van der Waals surface area contributed by atoms with Gasteiger partial charge in [-0.15, -0.1) is 11.3 Å². The van der Waals surface area contributed by atoms with Crippen LogP contribution in [0, 0.1) is 0 Å². The minimum atomic E-state index is -0.284. The van der Waals surface area contributed by atoms with Gasteiger partial charge in [-0.25, -0.2) is 0 Å². The molecule has 0 saturated carbocycles. The number of hydrogen-bond donors (Lipinski definition) is 0. The first-order chi connectivity index (χ1) is 20.0. The van der Waals surface area contributed by atoms with E-state index in [0.29, 0.717) is 21.9 Å². The van der Waals surface area contributed by atoms with E-state index in [2.05, 4.69) is 13.8 Å². The predicted molar refractivity (Wildman–Crippen MR) is 171 cm³/mol. The van der Waals surface area contributed by atoms with Gasteiger partial charge in [0.25, 0.3) is 11.8 Å². The molecule has 1 aromatic heterocycles. The zero-order chi connectivity index (χ0) is 28.5. The lowest BCUT2D eigenvalue weighted by Gasteiger charge is -2.43. The molecule has 0 saturated heterocycles. The lowest BCUT2D eigenvalue weighted by Crippen LogP contribution is -2.47. The van der Waals surface area contributed by atoms with Gasteiger partial charge in [-0.1, -0.05) is 91.7 Å². The average molecular weight is 579 g/mol. The Bertz CT molecular complexity index is 1710. The molecule has 0 spiro atoms. The number of fused-ring (bicyclic) bond motifs is 2. The third-order valence-corrected chi connectivity index (χ3v) is 9.48. The lowest BCUT2D eigenvalue weighted by molar-refractivity contribution is 0.0967. The molecular weight excluding hydrogens is 548 g/mol. The highest BCUT2D eigenvalue weighted by Gasteiger charge is 2.40. The van der Waals surface area contributed by atoms with Gasteiger partial charge in [0, 0.05) is 33.1 Å². The van der Waals surface area contributed by atoms with Crippen molar-refractivity contribution in [3.05, 3.63) is 130 Å². The number of para-hydroxylation sites is 2. The molecule has 0 bridgehead atoms. The largest absolute Gasteiger partial charge is 0.305 e. The molecule has 2 heterocycles. The molecule has 0 aliphatic carbocycles. The first-order valence-corrected chi connectivity index (χ1v) is 15.2. The van der Waals surface area contributed by atoms with E-state index in [4.69, 9.17) is 11.6 Å². The molecule has 2 amide bonds. The number of aryl methyl sites for hydroxylation is 1. The van der Waals surface area contributed by atoms with Crippen molar-refractivity contribution in [2.75, 3.05) is 9.80 Å². The average Bonchev–Trinajstić information content (AvgIpc) is 3.34. The lowest BCUT2D eigenvalue weighted by atomic mass is 9.89. The molecule has 0 radical (unpaired) electrons. The number of hydrogen-bond acceptors (Lipinski definition) is 3. The number of anilines is 2. The van der Waals surface area contributed by atoms with E-state index in [1.54, 1.807) is 0 Å². The third kappa shape index (κ3) is 5.05. The highest BCUT2D eigenvalue weighted by Crippen LogP contribution is 2.45. The van der Waals surface area contributed by atoms with Crippen molar-refractivity contribution in [1.82, 2.24) is 0 Å². The van der Waals surface area contributed by atoms with Gasteiger partial charge in [0.2, 0.25) is 0 Å². The Hall–Kier alpha value is -3.93. The van der Waals surface area contributed by atoms with Crippen LogP contribution in [0.5, 0.6) is 0 Å². The molecule has 6 heteroatoms. The summed E-state index contributed by atoms with van der Waals surface area (Å²) >= 11 is 8.25. The monoisotopic (exact) mass is 578 g/mol. The van der Waals surface area contributed by atoms with Crippen LogP contribution in [0.25, 0.3) is 10.1 Å². The van der Waals surface area contributed by atoms with Gasteiger partial charge >= 0.3 is 0 Å². The van der Waals surface area contributed by atoms with Gasteiger partial charge in [-0.2, -0.15) is 0 Å². The molecule has 41 heavy (non-hydrogen) atoms. The molecule has 6 rings (SSSR count). The summed E-state index contributed by atoms with van der Waals surface area (Å²) < 4.78 is 0.980. The number of thiophene rings is 1. The molecule has 1 aliphatic heterocycles. The van der Waals surface area contributed by atoms with Crippen molar-refractivity contribution in [3.8, 4) is 0 Å². The number of nitrogens with zero attached hydrogens (tertiary/aromatic N) is 2. The number of carbonyl (C=O) groups excluding carboxylic acids is 2. The molecule has 4 aromatic carbocycles. The summed E-state index contributed by atoms with van der Waals surface area (Å²) in [5.74, 6) is -0.169. The highest BCUT2D eigenvalue weighted by molar-refractivity contribution is 7.21. The zero-order valence-corrected chi connectivity index (χ0v) is 24.7. The van der Waals surface area contributed by atoms with Crippen LogP contribution < -0.4 is 9.80 Å². The van der Waals surface area contributed by atoms with Crippen molar-refractivity contribution < 1.29 is 9.59 Å². The zero-order valence-electron chi connectivity index (χ0n) is 23.1. The minimum Gasteiger partial charge on any atom is -0.305 e. The molecule has 0 unspecified atom stereocenters. The maximum atomic E-state index is 14.4. The fourth-order valence-electron chi connectivity index (χ4n) is 5.87. The first-order valence-electron chi connectivity index (χ1n) is 14.0. The minimum absolute atomic E-state index is 0.0309. The summed E-state index contributed by atoms with van der Waals surface area (Å²) in [6.07, 6.45) is 2.64. The second kappa shape index (κ2) is 11.5. The smallest absolute Gasteiger partial charge is 0.270 e. The molecule has 0 fully saturated rings. The predicted octanol–water partition coefficient (Wildman–Crippen LogP) is 9.33. The number of halogens is 1. The standard InChI is InChI=1S/C35H31ClN2O2S/c1-3-11-24-18-20-25(21-19-24)34(39)37-23(2)22-30(27-14-7-9-16-29(27)37)38(26-12-5-4-6-13-26)35(40)33-32(36)28-15-8-10-17-31(28)41-33/h4-10,12-21,23,30H,3,11,22H2,1-2H3/t23-,30+/m1/s1. The summed E-state index contributed by atoms with van der Waals surface area (Å²) in [4.78, 5) is 32.6. The van der Waals surface area contributed by atoms with Crippen LogP contribution in [0.4, 0.5) is 11.4 Å². The van der Waals surface area contributed by atoms with Crippen LogP contribution in [0.2, 0.25) is 5.02 Å². The van der Waals surface area contributed by atoms with Crippen LogP contribution in [0.15, 0.2) is 103 Å². The third-order valence-electron chi connectivity index (χ3n) is 7.81. The SMILES string of the molecule is CCCc1ccc(C(=O)N2c3ccccc3[C@@H](N(C(=O)c3sc4ccccc4c3Cl)c3ccccc3)C[C@H]2C)cc1. The van der Waals surface area contributed by atoms with E-state index in [-0.39, 0.29) is 23.9 Å². The number of amides is 2. The number of carbonyl (C=O) groups is 2. The molecule has 0 N–H and O–H groups in total. The second-order valence-electron chi connectivity index (χ2n) is 10.5. The highest BCUT2D eigenvalue weighted by atomic mass is 35.5. The molecule has 2 atom stereocenters. The number of rotatable bonds is 6. The Morgan fingerprint density at radius 3 is 2.32 bits per heavy atom. The Labute approximate surface area is 249 Å². The summed E-state index contributed by atoms with van der Waals surface area (Å²) in [6.45, 7) is 4.21. The Balaban J connectivity index is 1.43. The van der Waals surface area contributed by atoms with Crippen LogP contribution in [0.1, 0.15) is 63.9 Å². The first kappa shape index (κ1) is 27.3.